The summed E-state index contributed by atoms with van der Waals surface area (Å²) in [5, 5.41) is 3.20. The van der Waals surface area contributed by atoms with Crippen LogP contribution in [0.5, 0.6) is 0 Å². The first-order valence-corrected chi connectivity index (χ1v) is 9.08. The topological polar surface area (TPSA) is 75.4 Å². The Morgan fingerprint density at radius 3 is 2.62 bits per heavy atom. The minimum Gasteiger partial charge on any atom is -0.345 e. The molecule has 3 N–H and O–H groups in total. The maximum absolute atomic E-state index is 12.8. The fourth-order valence-corrected chi connectivity index (χ4v) is 4.07. The largest absolute Gasteiger partial charge is 0.345 e. The van der Waals surface area contributed by atoms with Crippen molar-refractivity contribution in [2.24, 2.45) is 5.73 Å². The molecule has 2 aromatic rings. The van der Waals surface area contributed by atoms with Crippen LogP contribution in [0.15, 0.2) is 54.6 Å². The second kappa shape index (κ2) is 6.57. The number of fused-ring (bicyclic) bond motifs is 1. The van der Waals surface area contributed by atoms with E-state index in [4.69, 9.17) is 5.73 Å². The first-order valence-electron chi connectivity index (χ1n) is 9.08. The fraction of sp³-hybridized carbons (Fsp3) is 0.333. The number of carbonyl (C=O) groups is 2. The SMILES string of the molecule is N[C@H](C(=O)N1CC[C@]2(CCc3ccccc3C(=O)N2)C1)c1ccccc1. The van der Waals surface area contributed by atoms with Gasteiger partial charge in [-0.15, -0.1) is 0 Å². The van der Waals surface area contributed by atoms with Crippen molar-refractivity contribution in [1.82, 2.24) is 10.2 Å². The van der Waals surface area contributed by atoms with Gasteiger partial charge in [-0.2, -0.15) is 0 Å². The van der Waals surface area contributed by atoms with Crippen molar-refractivity contribution in [2.45, 2.75) is 30.8 Å². The molecule has 134 valence electrons. The standard InChI is InChI=1S/C21H23N3O2/c22-18(16-7-2-1-3-8-16)20(26)24-13-12-21(14-24)11-10-15-6-4-5-9-17(15)19(25)23-21/h1-9,18H,10-14,22H2,(H,23,25)/t18-,21+/m0/s1. The second-order valence-electron chi connectivity index (χ2n) is 7.29. The summed E-state index contributed by atoms with van der Waals surface area (Å²) in [5.41, 5.74) is 8.46. The van der Waals surface area contributed by atoms with Crippen molar-refractivity contribution >= 4 is 11.8 Å². The Labute approximate surface area is 153 Å². The van der Waals surface area contributed by atoms with Crippen LogP contribution in [-0.4, -0.2) is 35.3 Å². The number of benzene rings is 2. The van der Waals surface area contributed by atoms with Crippen LogP contribution in [0.4, 0.5) is 0 Å². The minimum absolute atomic E-state index is 0.0419. The lowest BCUT2D eigenvalue weighted by Crippen LogP contribution is -2.50. The number of nitrogens with two attached hydrogens (primary N) is 1. The zero-order valence-electron chi connectivity index (χ0n) is 14.7. The van der Waals surface area contributed by atoms with Gasteiger partial charge in [0.2, 0.25) is 5.91 Å². The van der Waals surface area contributed by atoms with Gasteiger partial charge in [0.1, 0.15) is 6.04 Å². The van der Waals surface area contributed by atoms with E-state index in [2.05, 4.69) is 5.32 Å². The quantitative estimate of drug-likeness (QED) is 0.871. The minimum atomic E-state index is -0.662. The van der Waals surface area contributed by atoms with Gasteiger partial charge >= 0.3 is 0 Å². The monoisotopic (exact) mass is 349 g/mol. The Hall–Kier alpha value is -2.66. The number of hydrogen-bond acceptors (Lipinski definition) is 3. The van der Waals surface area contributed by atoms with Crippen molar-refractivity contribution < 1.29 is 9.59 Å². The van der Waals surface area contributed by atoms with Crippen LogP contribution < -0.4 is 11.1 Å². The Morgan fingerprint density at radius 1 is 1.08 bits per heavy atom. The van der Waals surface area contributed by atoms with Crippen molar-refractivity contribution in [1.29, 1.82) is 0 Å². The van der Waals surface area contributed by atoms with Gasteiger partial charge in [-0.05, 0) is 36.5 Å². The number of carbonyl (C=O) groups excluding carboxylic acids is 2. The fourth-order valence-electron chi connectivity index (χ4n) is 4.07. The van der Waals surface area contributed by atoms with Crippen LogP contribution >= 0.6 is 0 Å². The first-order chi connectivity index (χ1) is 12.6. The normalized spacial score (nSPS) is 23.3. The molecule has 0 unspecified atom stereocenters. The Kier molecular flexibility index (Phi) is 4.24. The number of rotatable bonds is 2. The molecule has 2 aliphatic rings. The van der Waals surface area contributed by atoms with Crippen LogP contribution in [0.2, 0.25) is 0 Å². The van der Waals surface area contributed by atoms with E-state index in [9.17, 15) is 9.59 Å². The summed E-state index contributed by atoms with van der Waals surface area (Å²) >= 11 is 0. The molecule has 2 heterocycles. The third kappa shape index (κ3) is 2.99. The highest BCUT2D eigenvalue weighted by Gasteiger charge is 2.43. The lowest BCUT2D eigenvalue weighted by Gasteiger charge is -2.29. The van der Waals surface area contributed by atoms with Gasteiger partial charge in [-0.25, -0.2) is 0 Å². The number of nitrogens with zero attached hydrogens (tertiary/aromatic N) is 1. The molecule has 2 aliphatic heterocycles. The maximum atomic E-state index is 12.8. The van der Waals surface area contributed by atoms with Crippen molar-refractivity contribution in [3.05, 3.63) is 71.3 Å². The third-order valence-electron chi connectivity index (χ3n) is 5.60. The number of aryl methyl sites for hydroxylation is 1. The zero-order valence-corrected chi connectivity index (χ0v) is 14.7. The predicted octanol–water partition coefficient (Wildman–Crippen LogP) is 2.03. The summed E-state index contributed by atoms with van der Waals surface area (Å²) in [5.74, 6) is -0.121. The van der Waals surface area contributed by atoms with E-state index in [1.165, 1.54) is 0 Å². The molecule has 0 aliphatic carbocycles. The van der Waals surface area contributed by atoms with Gasteiger partial charge in [0.05, 0.1) is 5.54 Å². The van der Waals surface area contributed by atoms with Crippen molar-refractivity contribution in [2.75, 3.05) is 13.1 Å². The summed E-state index contributed by atoms with van der Waals surface area (Å²) in [4.78, 5) is 27.3. The number of nitrogens with one attached hydrogen (secondary N) is 1. The summed E-state index contributed by atoms with van der Waals surface area (Å²) in [6.45, 7) is 1.14. The van der Waals surface area contributed by atoms with E-state index in [-0.39, 0.29) is 17.4 Å². The molecule has 5 heteroatoms. The molecule has 2 aromatic carbocycles. The van der Waals surface area contributed by atoms with Crippen LogP contribution in [0.3, 0.4) is 0 Å². The Balaban J connectivity index is 1.50. The van der Waals surface area contributed by atoms with E-state index in [0.29, 0.717) is 13.1 Å². The van der Waals surface area contributed by atoms with E-state index in [0.717, 1.165) is 36.0 Å². The van der Waals surface area contributed by atoms with Gasteiger partial charge in [0, 0.05) is 18.7 Å². The highest BCUT2D eigenvalue weighted by atomic mass is 16.2. The van der Waals surface area contributed by atoms with Crippen molar-refractivity contribution in [3.63, 3.8) is 0 Å². The molecule has 0 radical (unpaired) electrons. The zero-order chi connectivity index (χ0) is 18.1. The smallest absolute Gasteiger partial charge is 0.252 e. The van der Waals surface area contributed by atoms with E-state index >= 15 is 0 Å². The molecular weight excluding hydrogens is 326 g/mol. The maximum Gasteiger partial charge on any atom is 0.252 e. The third-order valence-corrected chi connectivity index (χ3v) is 5.60. The Morgan fingerprint density at radius 2 is 1.81 bits per heavy atom. The number of likely N-dealkylation sites (tertiary alicyclic amines) is 1. The van der Waals surface area contributed by atoms with Crippen LogP contribution in [0.1, 0.15) is 40.4 Å². The van der Waals surface area contributed by atoms with Crippen LogP contribution in [0.25, 0.3) is 0 Å². The number of hydrogen-bond donors (Lipinski definition) is 2. The molecule has 5 nitrogen and oxygen atoms in total. The average molecular weight is 349 g/mol. The van der Waals surface area contributed by atoms with Gasteiger partial charge in [0.25, 0.3) is 5.91 Å². The second-order valence-corrected chi connectivity index (χ2v) is 7.29. The molecule has 0 aromatic heterocycles. The molecule has 2 amide bonds. The average Bonchev–Trinajstić information content (AvgIpc) is 3.04. The summed E-state index contributed by atoms with van der Waals surface area (Å²) in [6, 6.07) is 16.5. The molecule has 1 saturated heterocycles. The van der Waals surface area contributed by atoms with Crippen molar-refractivity contribution in [3.8, 4) is 0 Å². The van der Waals surface area contributed by atoms with E-state index < -0.39 is 6.04 Å². The molecule has 1 fully saturated rings. The van der Waals surface area contributed by atoms with Gasteiger partial charge in [-0.1, -0.05) is 48.5 Å². The van der Waals surface area contributed by atoms with Gasteiger partial charge in [0.15, 0.2) is 0 Å². The molecule has 2 atom stereocenters. The van der Waals surface area contributed by atoms with Gasteiger partial charge in [-0.3, -0.25) is 9.59 Å². The molecule has 0 bridgehead atoms. The molecular formula is C21H23N3O2. The van der Waals surface area contributed by atoms with Crippen LogP contribution in [-0.2, 0) is 11.2 Å². The number of amides is 2. The highest BCUT2D eigenvalue weighted by molar-refractivity contribution is 5.96. The van der Waals surface area contributed by atoms with E-state index in [1.807, 2.05) is 54.6 Å². The lowest BCUT2D eigenvalue weighted by molar-refractivity contribution is -0.131. The van der Waals surface area contributed by atoms with Gasteiger partial charge < -0.3 is 16.0 Å². The summed E-state index contributed by atoms with van der Waals surface area (Å²) in [7, 11) is 0. The summed E-state index contributed by atoms with van der Waals surface area (Å²) < 4.78 is 0. The Bertz CT molecular complexity index is 836. The molecule has 4 rings (SSSR count). The molecule has 26 heavy (non-hydrogen) atoms. The molecule has 0 saturated carbocycles. The first kappa shape index (κ1) is 16.8. The summed E-state index contributed by atoms with van der Waals surface area (Å²) in [6.07, 6.45) is 2.43. The van der Waals surface area contributed by atoms with Crippen LogP contribution in [0, 0.1) is 0 Å². The molecule has 1 spiro atoms. The predicted molar refractivity (Wildman–Crippen MR) is 99.5 cm³/mol. The lowest BCUT2D eigenvalue weighted by atomic mass is 9.91. The highest BCUT2D eigenvalue weighted by Crippen LogP contribution is 2.31. The van der Waals surface area contributed by atoms with E-state index in [1.54, 1.807) is 4.90 Å².